The van der Waals surface area contributed by atoms with Gasteiger partial charge in [0.25, 0.3) is 5.91 Å². The summed E-state index contributed by atoms with van der Waals surface area (Å²) in [6.45, 7) is 3.95. The van der Waals surface area contributed by atoms with Crippen molar-refractivity contribution in [3.8, 4) is 11.4 Å². The standard InChI is InChI=1S/C24H22F2N6O/c1-3-18-21(26)22(29-24(28-18)30-23(33)16-7-5-4-6-8-16)15(2)14-32-12-11-20(31-32)19-10-9-17(25)13-27-19/h4-13,15H,3,14H2,1-2H3,(H,28,29,30,33)/t15-/m0/s1. The third-order valence-electron chi connectivity index (χ3n) is 5.10. The molecule has 168 valence electrons. The molecule has 7 nitrogen and oxygen atoms in total. The zero-order valence-electron chi connectivity index (χ0n) is 18.2. The Bertz CT molecular complexity index is 1260. The lowest BCUT2D eigenvalue weighted by Gasteiger charge is -2.15. The number of benzene rings is 1. The van der Waals surface area contributed by atoms with Crippen LogP contribution in [0.5, 0.6) is 0 Å². The lowest BCUT2D eigenvalue weighted by atomic mass is 10.1. The summed E-state index contributed by atoms with van der Waals surface area (Å²) in [6, 6.07) is 13.3. The molecule has 33 heavy (non-hydrogen) atoms. The van der Waals surface area contributed by atoms with Crippen molar-refractivity contribution in [3.05, 3.63) is 89.5 Å². The number of halogens is 2. The maximum atomic E-state index is 15.1. The summed E-state index contributed by atoms with van der Waals surface area (Å²) >= 11 is 0. The number of anilines is 1. The zero-order chi connectivity index (χ0) is 23.4. The van der Waals surface area contributed by atoms with E-state index in [1.54, 1.807) is 54.2 Å². The van der Waals surface area contributed by atoms with Gasteiger partial charge in [-0.25, -0.2) is 18.7 Å². The maximum Gasteiger partial charge on any atom is 0.258 e. The third kappa shape index (κ3) is 5.08. The van der Waals surface area contributed by atoms with E-state index in [9.17, 15) is 9.18 Å². The van der Waals surface area contributed by atoms with Crippen molar-refractivity contribution in [2.75, 3.05) is 5.32 Å². The van der Waals surface area contributed by atoms with Gasteiger partial charge in [0.1, 0.15) is 11.5 Å². The first-order valence-electron chi connectivity index (χ1n) is 10.5. The topological polar surface area (TPSA) is 85.6 Å². The summed E-state index contributed by atoms with van der Waals surface area (Å²) in [7, 11) is 0. The summed E-state index contributed by atoms with van der Waals surface area (Å²) in [5.74, 6) is -1.59. The van der Waals surface area contributed by atoms with Crippen molar-refractivity contribution in [3.63, 3.8) is 0 Å². The Labute approximate surface area is 189 Å². The number of pyridine rings is 1. The fourth-order valence-corrected chi connectivity index (χ4v) is 3.39. The van der Waals surface area contributed by atoms with E-state index in [0.29, 0.717) is 29.9 Å². The predicted molar refractivity (Wildman–Crippen MR) is 120 cm³/mol. The van der Waals surface area contributed by atoms with Crippen LogP contribution in [0.1, 0.15) is 41.5 Å². The number of hydrogen-bond donors (Lipinski definition) is 1. The van der Waals surface area contributed by atoms with Crippen LogP contribution < -0.4 is 5.32 Å². The number of nitrogens with one attached hydrogen (secondary N) is 1. The number of hydrogen-bond acceptors (Lipinski definition) is 5. The van der Waals surface area contributed by atoms with Crippen LogP contribution in [-0.4, -0.2) is 30.6 Å². The molecular weight excluding hydrogens is 426 g/mol. The van der Waals surface area contributed by atoms with Gasteiger partial charge < -0.3 is 0 Å². The lowest BCUT2D eigenvalue weighted by molar-refractivity contribution is 0.102. The fourth-order valence-electron chi connectivity index (χ4n) is 3.39. The van der Waals surface area contributed by atoms with Gasteiger partial charge in [0.2, 0.25) is 5.95 Å². The molecule has 0 aliphatic carbocycles. The second-order valence-corrected chi connectivity index (χ2v) is 7.55. The van der Waals surface area contributed by atoms with Crippen molar-refractivity contribution >= 4 is 11.9 Å². The quantitative estimate of drug-likeness (QED) is 0.446. The molecule has 4 aromatic rings. The number of rotatable bonds is 7. The average Bonchev–Trinajstić information content (AvgIpc) is 3.29. The largest absolute Gasteiger partial charge is 0.290 e. The van der Waals surface area contributed by atoms with Gasteiger partial charge in [0.05, 0.1) is 23.3 Å². The molecule has 0 saturated heterocycles. The van der Waals surface area contributed by atoms with Crippen LogP contribution in [0.2, 0.25) is 0 Å². The molecule has 1 N–H and O–H groups in total. The van der Waals surface area contributed by atoms with Crippen LogP contribution in [-0.2, 0) is 13.0 Å². The molecule has 0 aliphatic rings. The number of aryl methyl sites for hydroxylation is 1. The molecule has 0 spiro atoms. The van der Waals surface area contributed by atoms with Gasteiger partial charge in [-0.05, 0) is 36.8 Å². The predicted octanol–water partition coefficient (Wildman–Crippen LogP) is 4.63. The van der Waals surface area contributed by atoms with Gasteiger partial charge in [0.15, 0.2) is 5.82 Å². The highest BCUT2D eigenvalue weighted by Crippen LogP contribution is 2.23. The molecule has 0 saturated carbocycles. The third-order valence-corrected chi connectivity index (χ3v) is 5.10. The van der Waals surface area contributed by atoms with Gasteiger partial charge in [0, 0.05) is 24.2 Å². The number of carbonyl (C=O) groups is 1. The van der Waals surface area contributed by atoms with Crippen LogP contribution in [0.25, 0.3) is 11.4 Å². The fraction of sp³-hybridized carbons (Fsp3) is 0.208. The molecule has 1 amide bonds. The Morgan fingerprint density at radius 1 is 1.06 bits per heavy atom. The van der Waals surface area contributed by atoms with Crippen LogP contribution in [0, 0.1) is 11.6 Å². The molecule has 3 heterocycles. The molecule has 0 radical (unpaired) electrons. The second-order valence-electron chi connectivity index (χ2n) is 7.55. The molecule has 1 aromatic carbocycles. The smallest absolute Gasteiger partial charge is 0.258 e. The van der Waals surface area contributed by atoms with E-state index in [2.05, 4.69) is 25.4 Å². The second kappa shape index (κ2) is 9.64. The van der Waals surface area contributed by atoms with E-state index < -0.39 is 11.6 Å². The highest BCUT2D eigenvalue weighted by atomic mass is 19.1. The number of aromatic nitrogens is 5. The molecular formula is C24H22F2N6O. The highest BCUT2D eigenvalue weighted by Gasteiger charge is 2.21. The van der Waals surface area contributed by atoms with Crippen molar-refractivity contribution in [2.45, 2.75) is 32.7 Å². The van der Waals surface area contributed by atoms with Crippen LogP contribution in [0.15, 0.2) is 60.9 Å². The zero-order valence-corrected chi connectivity index (χ0v) is 18.2. The van der Waals surface area contributed by atoms with Gasteiger partial charge in [-0.3, -0.25) is 19.8 Å². The van der Waals surface area contributed by atoms with Crippen LogP contribution in [0.4, 0.5) is 14.7 Å². The summed E-state index contributed by atoms with van der Waals surface area (Å²) in [5, 5.41) is 7.11. The Kier molecular flexibility index (Phi) is 6.48. The van der Waals surface area contributed by atoms with Gasteiger partial charge >= 0.3 is 0 Å². The van der Waals surface area contributed by atoms with Gasteiger partial charge in [-0.2, -0.15) is 5.10 Å². The summed E-state index contributed by atoms with van der Waals surface area (Å²) in [4.78, 5) is 25.0. The van der Waals surface area contributed by atoms with Crippen LogP contribution in [0.3, 0.4) is 0 Å². The number of carbonyl (C=O) groups excluding carboxylic acids is 1. The minimum Gasteiger partial charge on any atom is -0.290 e. The van der Waals surface area contributed by atoms with Crippen LogP contribution >= 0.6 is 0 Å². The molecule has 0 aliphatic heterocycles. The molecule has 3 aromatic heterocycles. The maximum absolute atomic E-state index is 15.1. The minimum atomic E-state index is -0.490. The molecule has 0 unspecified atom stereocenters. The first-order chi connectivity index (χ1) is 15.9. The SMILES string of the molecule is CCc1nc(NC(=O)c2ccccc2)nc([C@@H](C)Cn2ccc(-c3ccc(F)cn3)n2)c1F. The summed E-state index contributed by atoms with van der Waals surface area (Å²) in [6.07, 6.45) is 3.23. The normalized spacial score (nSPS) is 11.9. The first kappa shape index (κ1) is 22.2. The van der Waals surface area contributed by atoms with Crippen molar-refractivity contribution in [1.82, 2.24) is 24.7 Å². The molecule has 0 bridgehead atoms. The van der Waals surface area contributed by atoms with Crippen molar-refractivity contribution < 1.29 is 13.6 Å². The van der Waals surface area contributed by atoms with E-state index in [-0.39, 0.29) is 29.2 Å². The van der Waals surface area contributed by atoms with E-state index in [0.717, 1.165) is 6.20 Å². The van der Waals surface area contributed by atoms with E-state index >= 15 is 4.39 Å². The van der Waals surface area contributed by atoms with E-state index in [1.807, 2.05) is 13.0 Å². The van der Waals surface area contributed by atoms with E-state index in [1.165, 1.54) is 6.07 Å². The highest BCUT2D eigenvalue weighted by molar-refractivity contribution is 6.03. The van der Waals surface area contributed by atoms with E-state index in [4.69, 9.17) is 0 Å². The molecule has 9 heteroatoms. The molecule has 4 rings (SSSR count). The average molecular weight is 448 g/mol. The minimum absolute atomic E-state index is 0.0561. The molecule has 1 atom stereocenters. The summed E-state index contributed by atoms with van der Waals surface area (Å²) < 4.78 is 29.8. The lowest BCUT2D eigenvalue weighted by Crippen LogP contribution is -2.18. The molecule has 0 fully saturated rings. The Balaban J connectivity index is 1.55. The van der Waals surface area contributed by atoms with Gasteiger partial charge in [-0.1, -0.05) is 32.0 Å². The monoisotopic (exact) mass is 448 g/mol. The first-order valence-corrected chi connectivity index (χ1v) is 10.5. The Morgan fingerprint density at radius 2 is 1.85 bits per heavy atom. The number of nitrogens with zero attached hydrogens (tertiary/aromatic N) is 5. The van der Waals surface area contributed by atoms with Crippen molar-refractivity contribution in [1.29, 1.82) is 0 Å². The Morgan fingerprint density at radius 3 is 2.55 bits per heavy atom. The van der Waals surface area contributed by atoms with Crippen molar-refractivity contribution in [2.24, 2.45) is 0 Å². The Hall–Kier alpha value is -4.01. The van der Waals surface area contributed by atoms with Gasteiger partial charge in [-0.15, -0.1) is 0 Å². The number of amides is 1. The summed E-state index contributed by atoms with van der Waals surface area (Å²) in [5.41, 5.74) is 2.00.